The van der Waals surface area contributed by atoms with Crippen LogP contribution in [0.15, 0.2) is 18.2 Å². The number of carboxylic acids is 1. The van der Waals surface area contributed by atoms with E-state index in [1.807, 2.05) is 13.0 Å². The Hall–Kier alpha value is -1.55. The van der Waals surface area contributed by atoms with E-state index in [9.17, 15) is 14.7 Å². The van der Waals surface area contributed by atoms with E-state index in [1.165, 1.54) is 0 Å². The molecule has 1 aromatic rings. The highest BCUT2D eigenvalue weighted by Gasteiger charge is 2.37. The molecule has 2 N–H and O–H groups in total. The Morgan fingerprint density at radius 3 is 2.40 bits per heavy atom. The molecule has 0 atom stereocenters. The molecule has 0 radical (unpaired) electrons. The van der Waals surface area contributed by atoms with Crippen molar-refractivity contribution in [3.63, 3.8) is 0 Å². The van der Waals surface area contributed by atoms with Crippen molar-refractivity contribution in [1.82, 2.24) is 0 Å². The quantitative estimate of drug-likeness (QED) is 0.837. The molecule has 0 saturated heterocycles. The molecule has 1 amide bonds. The SMILES string of the molecule is CCC(CC)(CC(=O)Nc1cc(C)ccc1Cl)C(=O)O. The molecule has 0 aliphatic heterocycles. The zero-order valence-electron chi connectivity index (χ0n) is 12.0. The number of nitrogens with one attached hydrogen (secondary N) is 1. The summed E-state index contributed by atoms with van der Waals surface area (Å²) in [6, 6.07) is 5.31. The second-order valence-electron chi connectivity index (χ2n) is 5.00. The van der Waals surface area contributed by atoms with Crippen molar-refractivity contribution in [3.8, 4) is 0 Å². The number of aliphatic carboxylic acids is 1. The minimum atomic E-state index is -1.01. The zero-order valence-corrected chi connectivity index (χ0v) is 12.8. The van der Waals surface area contributed by atoms with Crippen LogP contribution < -0.4 is 5.32 Å². The maximum absolute atomic E-state index is 12.1. The van der Waals surface area contributed by atoms with Gasteiger partial charge in [-0.15, -0.1) is 0 Å². The molecule has 1 rings (SSSR count). The van der Waals surface area contributed by atoms with Crippen molar-refractivity contribution < 1.29 is 14.7 Å². The van der Waals surface area contributed by atoms with E-state index >= 15 is 0 Å². The predicted octanol–water partition coefficient (Wildman–Crippen LogP) is 3.87. The third-order valence-corrected chi connectivity index (χ3v) is 4.03. The molecule has 0 spiro atoms. The normalized spacial score (nSPS) is 11.2. The summed E-state index contributed by atoms with van der Waals surface area (Å²) >= 11 is 6.01. The Kier molecular flexibility index (Phi) is 5.57. The van der Waals surface area contributed by atoms with Gasteiger partial charge in [0.05, 0.1) is 16.1 Å². The number of hydrogen-bond donors (Lipinski definition) is 2. The van der Waals surface area contributed by atoms with Crippen LogP contribution in [0.2, 0.25) is 5.02 Å². The van der Waals surface area contributed by atoms with Gasteiger partial charge in [0, 0.05) is 6.42 Å². The van der Waals surface area contributed by atoms with Crippen LogP contribution >= 0.6 is 11.6 Å². The van der Waals surface area contributed by atoms with Crippen LogP contribution in [0, 0.1) is 12.3 Å². The van der Waals surface area contributed by atoms with Gasteiger partial charge in [-0.2, -0.15) is 0 Å². The second kappa shape index (κ2) is 6.75. The first-order valence-electron chi connectivity index (χ1n) is 6.64. The predicted molar refractivity (Wildman–Crippen MR) is 80.1 cm³/mol. The maximum Gasteiger partial charge on any atom is 0.310 e. The molecule has 0 aliphatic rings. The lowest BCUT2D eigenvalue weighted by molar-refractivity contribution is -0.151. The lowest BCUT2D eigenvalue weighted by Crippen LogP contribution is -2.34. The first-order valence-corrected chi connectivity index (χ1v) is 7.02. The molecular formula is C15H20ClNO3. The highest BCUT2D eigenvalue weighted by atomic mass is 35.5. The number of halogens is 1. The van der Waals surface area contributed by atoms with Gasteiger partial charge in [-0.05, 0) is 37.5 Å². The summed E-state index contributed by atoms with van der Waals surface area (Å²) in [5.41, 5.74) is 0.476. The van der Waals surface area contributed by atoms with E-state index in [0.717, 1.165) is 5.56 Å². The molecule has 5 heteroatoms. The minimum absolute atomic E-state index is 0.0559. The van der Waals surface area contributed by atoms with Crippen molar-refractivity contribution >= 4 is 29.2 Å². The largest absolute Gasteiger partial charge is 0.481 e. The lowest BCUT2D eigenvalue weighted by atomic mass is 9.79. The van der Waals surface area contributed by atoms with Crippen molar-refractivity contribution in [2.24, 2.45) is 5.41 Å². The maximum atomic E-state index is 12.1. The topological polar surface area (TPSA) is 66.4 Å². The smallest absolute Gasteiger partial charge is 0.310 e. The number of carboxylic acid groups (broad SMARTS) is 1. The fourth-order valence-electron chi connectivity index (χ4n) is 2.11. The van der Waals surface area contributed by atoms with E-state index in [2.05, 4.69) is 5.32 Å². The Bertz CT molecular complexity index is 510. The van der Waals surface area contributed by atoms with E-state index in [0.29, 0.717) is 23.6 Å². The van der Waals surface area contributed by atoms with Crippen molar-refractivity contribution in [2.75, 3.05) is 5.32 Å². The van der Waals surface area contributed by atoms with Gasteiger partial charge in [-0.3, -0.25) is 9.59 Å². The third kappa shape index (κ3) is 3.73. The summed E-state index contributed by atoms with van der Waals surface area (Å²) in [7, 11) is 0. The molecule has 1 aromatic carbocycles. The fourth-order valence-corrected chi connectivity index (χ4v) is 2.28. The van der Waals surface area contributed by atoms with Crippen LogP contribution in [0.3, 0.4) is 0 Å². The highest BCUT2D eigenvalue weighted by Crippen LogP contribution is 2.32. The summed E-state index contributed by atoms with van der Waals surface area (Å²) < 4.78 is 0. The first-order chi connectivity index (χ1) is 9.34. The molecule has 4 nitrogen and oxygen atoms in total. The number of rotatable bonds is 6. The molecule has 0 bridgehead atoms. The number of aryl methyl sites for hydroxylation is 1. The Balaban J connectivity index is 2.86. The number of carbonyl (C=O) groups is 2. The molecular weight excluding hydrogens is 278 g/mol. The molecule has 0 heterocycles. The number of anilines is 1. The van der Waals surface area contributed by atoms with Crippen LogP contribution in [0.25, 0.3) is 0 Å². The van der Waals surface area contributed by atoms with Gasteiger partial charge in [0.25, 0.3) is 0 Å². The van der Waals surface area contributed by atoms with Crippen LogP contribution in [-0.2, 0) is 9.59 Å². The molecule has 0 aromatic heterocycles. The highest BCUT2D eigenvalue weighted by molar-refractivity contribution is 6.33. The molecule has 0 unspecified atom stereocenters. The van der Waals surface area contributed by atoms with Crippen molar-refractivity contribution in [3.05, 3.63) is 28.8 Å². The van der Waals surface area contributed by atoms with E-state index in [-0.39, 0.29) is 12.3 Å². The number of carbonyl (C=O) groups excluding carboxylic acids is 1. The van der Waals surface area contributed by atoms with Crippen LogP contribution in [0.1, 0.15) is 38.7 Å². The number of benzene rings is 1. The standard InChI is InChI=1S/C15H20ClNO3/c1-4-15(5-2,14(19)20)9-13(18)17-12-8-10(3)6-7-11(12)16/h6-8H,4-5,9H2,1-3H3,(H,17,18)(H,19,20). The third-order valence-electron chi connectivity index (χ3n) is 3.70. The van der Waals surface area contributed by atoms with Gasteiger partial charge >= 0.3 is 5.97 Å². The average Bonchev–Trinajstić information content (AvgIpc) is 2.40. The lowest BCUT2D eigenvalue weighted by Gasteiger charge is -2.25. The van der Waals surface area contributed by atoms with Crippen molar-refractivity contribution in [1.29, 1.82) is 0 Å². The van der Waals surface area contributed by atoms with Gasteiger partial charge in [-0.1, -0.05) is 31.5 Å². The number of hydrogen-bond acceptors (Lipinski definition) is 2. The van der Waals surface area contributed by atoms with Gasteiger partial charge < -0.3 is 10.4 Å². The van der Waals surface area contributed by atoms with Gasteiger partial charge in [0.1, 0.15) is 0 Å². The minimum Gasteiger partial charge on any atom is -0.481 e. The Morgan fingerprint density at radius 1 is 1.30 bits per heavy atom. The summed E-state index contributed by atoms with van der Waals surface area (Å²) in [6.45, 7) is 5.46. The van der Waals surface area contributed by atoms with Gasteiger partial charge in [0.2, 0.25) is 5.91 Å². The zero-order chi connectivity index (χ0) is 15.3. The van der Waals surface area contributed by atoms with Crippen LogP contribution in [-0.4, -0.2) is 17.0 Å². The van der Waals surface area contributed by atoms with E-state index in [1.54, 1.807) is 26.0 Å². The summed E-state index contributed by atoms with van der Waals surface area (Å²) in [6.07, 6.45) is 0.765. The second-order valence-corrected chi connectivity index (χ2v) is 5.41. The van der Waals surface area contributed by atoms with Crippen LogP contribution in [0.5, 0.6) is 0 Å². The number of amides is 1. The van der Waals surface area contributed by atoms with E-state index in [4.69, 9.17) is 11.6 Å². The average molecular weight is 298 g/mol. The molecule has 0 fully saturated rings. The van der Waals surface area contributed by atoms with Gasteiger partial charge in [-0.25, -0.2) is 0 Å². The Morgan fingerprint density at radius 2 is 1.90 bits per heavy atom. The molecule has 0 aliphatic carbocycles. The molecule has 20 heavy (non-hydrogen) atoms. The monoisotopic (exact) mass is 297 g/mol. The Labute approximate surface area is 124 Å². The molecule has 0 saturated carbocycles. The summed E-state index contributed by atoms with van der Waals surface area (Å²) in [5.74, 6) is -1.27. The molecule has 110 valence electrons. The summed E-state index contributed by atoms with van der Waals surface area (Å²) in [5, 5.41) is 12.5. The van der Waals surface area contributed by atoms with E-state index < -0.39 is 11.4 Å². The van der Waals surface area contributed by atoms with Crippen molar-refractivity contribution in [2.45, 2.75) is 40.0 Å². The van der Waals surface area contributed by atoms with Crippen LogP contribution in [0.4, 0.5) is 5.69 Å². The fraction of sp³-hybridized carbons (Fsp3) is 0.467. The summed E-state index contributed by atoms with van der Waals surface area (Å²) in [4.78, 5) is 23.5. The van der Waals surface area contributed by atoms with Gasteiger partial charge in [0.15, 0.2) is 0 Å². The first kappa shape index (κ1) is 16.5.